The summed E-state index contributed by atoms with van der Waals surface area (Å²) >= 11 is 0. The molecule has 1 aliphatic carbocycles. The molecule has 0 atom stereocenters. The van der Waals surface area contributed by atoms with E-state index in [0.717, 1.165) is 35.7 Å². The summed E-state index contributed by atoms with van der Waals surface area (Å²) < 4.78 is 5.41. The number of methoxy groups -OCH3 is 1. The van der Waals surface area contributed by atoms with Crippen molar-refractivity contribution in [1.29, 1.82) is 0 Å². The summed E-state index contributed by atoms with van der Waals surface area (Å²) in [5.41, 5.74) is 8.53. The molecule has 0 bridgehead atoms. The lowest BCUT2D eigenvalue weighted by Gasteiger charge is -2.27. The van der Waals surface area contributed by atoms with Crippen LogP contribution < -0.4 is 14.5 Å². The number of ether oxygens (including phenoxy) is 1. The third kappa shape index (κ3) is 5.04. The van der Waals surface area contributed by atoms with E-state index in [4.69, 9.17) is 4.74 Å². The molecule has 3 nitrogen and oxygen atoms in total. The summed E-state index contributed by atoms with van der Waals surface area (Å²) in [5.74, 6) is 0.875. The van der Waals surface area contributed by atoms with Crippen LogP contribution in [0.1, 0.15) is 18.4 Å². The van der Waals surface area contributed by atoms with Crippen LogP contribution in [0.25, 0.3) is 16.3 Å². The average Bonchev–Trinajstić information content (AvgIpc) is 3.02. The number of allylic oxidation sites excluding steroid dienone is 4. The van der Waals surface area contributed by atoms with Crippen molar-refractivity contribution in [2.75, 3.05) is 24.0 Å². The van der Waals surface area contributed by atoms with Crippen LogP contribution in [0.2, 0.25) is 0 Å². The van der Waals surface area contributed by atoms with Crippen LogP contribution in [0.4, 0.5) is 22.7 Å². The van der Waals surface area contributed by atoms with Gasteiger partial charge in [0, 0.05) is 41.3 Å². The highest BCUT2D eigenvalue weighted by Gasteiger charge is 2.17. The van der Waals surface area contributed by atoms with Crippen molar-refractivity contribution >= 4 is 39.1 Å². The first-order chi connectivity index (χ1) is 19.2. The van der Waals surface area contributed by atoms with Crippen molar-refractivity contribution in [2.24, 2.45) is 0 Å². The van der Waals surface area contributed by atoms with Gasteiger partial charge in [0.05, 0.1) is 12.8 Å². The summed E-state index contributed by atoms with van der Waals surface area (Å²) in [4.78, 5) is 4.60. The number of nitrogens with zero attached hydrogens (tertiary/aromatic N) is 2. The molecule has 0 aliphatic heterocycles. The van der Waals surface area contributed by atoms with Gasteiger partial charge in [0.2, 0.25) is 0 Å². The Kier molecular flexibility index (Phi) is 6.88. The molecule has 0 fully saturated rings. The largest absolute Gasteiger partial charge is 0.497 e. The summed E-state index contributed by atoms with van der Waals surface area (Å²) in [6.07, 6.45) is 6.52. The molecule has 192 valence electrons. The maximum Gasteiger partial charge on any atom is 0.120 e. The van der Waals surface area contributed by atoms with E-state index < -0.39 is 0 Å². The van der Waals surface area contributed by atoms with Crippen LogP contribution in [-0.2, 0) is 0 Å². The SMILES string of the molecule is COc1cccc(N(C)C2=CC=C(c3ccc(N(c4ccccc4)c4cccc5ccccc45)cc3)CC2)c1. The average molecular weight is 509 g/mol. The quantitative estimate of drug-likeness (QED) is 0.218. The molecular formula is C36H32N2O. The number of anilines is 4. The van der Waals surface area contributed by atoms with E-state index in [0.29, 0.717) is 0 Å². The minimum atomic E-state index is 0.875. The van der Waals surface area contributed by atoms with Gasteiger partial charge in [0.1, 0.15) is 5.75 Å². The highest BCUT2D eigenvalue weighted by molar-refractivity contribution is 5.98. The van der Waals surface area contributed by atoms with E-state index in [-0.39, 0.29) is 0 Å². The fraction of sp³-hybridized carbons (Fsp3) is 0.111. The molecule has 5 aromatic rings. The topological polar surface area (TPSA) is 15.7 Å². The Hall–Kier alpha value is -4.76. The van der Waals surface area contributed by atoms with E-state index in [1.165, 1.54) is 33.3 Å². The highest BCUT2D eigenvalue weighted by atomic mass is 16.5. The van der Waals surface area contributed by atoms with Crippen molar-refractivity contribution in [3.8, 4) is 5.75 Å². The molecule has 0 heterocycles. The summed E-state index contributed by atoms with van der Waals surface area (Å²) in [6.45, 7) is 0. The van der Waals surface area contributed by atoms with Crippen LogP contribution in [0.5, 0.6) is 5.75 Å². The Morgan fingerprint density at radius 2 is 1.31 bits per heavy atom. The molecule has 0 amide bonds. The lowest BCUT2D eigenvalue weighted by atomic mass is 9.95. The maximum absolute atomic E-state index is 5.41. The second-order valence-corrected chi connectivity index (χ2v) is 9.83. The predicted octanol–water partition coefficient (Wildman–Crippen LogP) is 9.52. The summed E-state index contributed by atoms with van der Waals surface area (Å²) in [5, 5.41) is 2.47. The van der Waals surface area contributed by atoms with Crippen LogP contribution >= 0.6 is 0 Å². The van der Waals surface area contributed by atoms with E-state index >= 15 is 0 Å². The first kappa shape index (κ1) is 24.6. The number of hydrogen-bond acceptors (Lipinski definition) is 3. The minimum Gasteiger partial charge on any atom is -0.497 e. The van der Waals surface area contributed by atoms with Crippen LogP contribution in [0, 0.1) is 0 Å². The smallest absolute Gasteiger partial charge is 0.120 e. The molecule has 0 spiro atoms. The van der Waals surface area contributed by atoms with Crippen LogP contribution in [0.3, 0.4) is 0 Å². The van der Waals surface area contributed by atoms with E-state index in [2.05, 4.69) is 138 Å². The van der Waals surface area contributed by atoms with Gasteiger partial charge in [-0.1, -0.05) is 78.9 Å². The Bertz CT molecular complexity index is 1650. The number of fused-ring (bicyclic) bond motifs is 1. The lowest BCUT2D eigenvalue weighted by Crippen LogP contribution is -2.17. The van der Waals surface area contributed by atoms with Crippen LogP contribution in [-0.4, -0.2) is 14.2 Å². The molecule has 5 aromatic carbocycles. The zero-order valence-electron chi connectivity index (χ0n) is 22.4. The molecule has 39 heavy (non-hydrogen) atoms. The fourth-order valence-corrected chi connectivity index (χ4v) is 5.36. The van der Waals surface area contributed by atoms with Crippen molar-refractivity contribution in [2.45, 2.75) is 12.8 Å². The number of benzene rings is 5. The van der Waals surface area contributed by atoms with E-state index in [1.807, 2.05) is 12.1 Å². The molecule has 0 radical (unpaired) electrons. The molecule has 0 saturated heterocycles. The third-order valence-electron chi connectivity index (χ3n) is 7.52. The first-order valence-electron chi connectivity index (χ1n) is 13.4. The predicted molar refractivity (Wildman–Crippen MR) is 165 cm³/mol. The fourth-order valence-electron chi connectivity index (χ4n) is 5.36. The van der Waals surface area contributed by atoms with E-state index in [1.54, 1.807) is 7.11 Å². The zero-order chi connectivity index (χ0) is 26.6. The van der Waals surface area contributed by atoms with Gasteiger partial charge in [0.15, 0.2) is 0 Å². The maximum atomic E-state index is 5.41. The third-order valence-corrected chi connectivity index (χ3v) is 7.52. The van der Waals surface area contributed by atoms with Gasteiger partial charge < -0.3 is 14.5 Å². The number of hydrogen-bond donors (Lipinski definition) is 0. The molecule has 6 rings (SSSR count). The molecule has 3 heteroatoms. The molecular weight excluding hydrogens is 476 g/mol. The molecule has 0 aromatic heterocycles. The minimum absolute atomic E-state index is 0.875. The standard InChI is InChI=1S/C36H32N2O/c1-37(33-14-9-15-34(26-33)39-2)30-22-18-27(19-23-30)28-20-24-32(25-21-28)38(31-12-4-3-5-13-31)36-17-8-11-29-10-6-7-16-35(29)36/h3-18,20-22,24-26H,19,23H2,1-2H3. The van der Waals surface area contributed by atoms with Gasteiger partial charge in [-0.05, 0) is 77.9 Å². The number of para-hydroxylation sites is 1. The van der Waals surface area contributed by atoms with Crippen molar-refractivity contribution in [1.82, 2.24) is 0 Å². The van der Waals surface area contributed by atoms with Crippen LogP contribution in [0.15, 0.2) is 139 Å². The Labute approximate surface area is 230 Å². The second kappa shape index (κ2) is 10.9. The highest BCUT2D eigenvalue weighted by Crippen LogP contribution is 2.39. The Balaban J connectivity index is 1.30. The van der Waals surface area contributed by atoms with Crippen molar-refractivity contribution in [3.63, 3.8) is 0 Å². The summed E-state index contributed by atoms with van der Waals surface area (Å²) in [7, 11) is 3.83. The van der Waals surface area contributed by atoms with Gasteiger partial charge in [-0.3, -0.25) is 0 Å². The zero-order valence-corrected chi connectivity index (χ0v) is 22.4. The van der Waals surface area contributed by atoms with Gasteiger partial charge in [-0.15, -0.1) is 0 Å². The monoisotopic (exact) mass is 508 g/mol. The van der Waals surface area contributed by atoms with Gasteiger partial charge in [-0.2, -0.15) is 0 Å². The molecule has 1 aliphatic rings. The van der Waals surface area contributed by atoms with Gasteiger partial charge in [-0.25, -0.2) is 0 Å². The Morgan fingerprint density at radius 3 is 2.08 bits per heavy atom. The van der Waals surface area contributed by atoms with Gasteiger partial charge >= 0.3 is 0 Å². The normalized spacial score (nSPS) is 13.0. The van der Waals surface area contributed by atoms with Crippen molar-refractivity contribution in [3.05, 3.63) is 145 Å². The molecule has 0 saturated carbocycles. The van der Waals surface area contributed by atoms with Crippen molar-refractivity contribution < 1.29 is 4.74 Å². The van der Waals surface area contributed by atoms with E-state index in [9.17, 15) is 0 Å². The first-order valence-corrected chi connectivity index (χ1v) is 13.4. The lowest BCUT2D eigenvalue weighted by molar-refractivity contribution is 0.415. The van der Waals surface area contributed by atoms with Gasteiger partial charge in [0.25, 0.3) is 0 Å². The second-order valence-electron chi connectivity index (χ2n) is 9.83. The number of rotatable bonds is 7. The molecule has 0 N–H and O–H groups in total. The molecule has 0 unspecified atom stereocenters. The Morgan fingerprint density at radius 1 is 0.615 bits per heavy atom. The summed E-state index contributed by atoms with van der Waals surface area (Å²) in [6, 6.07) is 42.9.